The highest BCUT2D eigenvalue weighted by molar-refractivity contribution is 6.14. The summed E-state index contributed by atoms with van der Waals surface area (Å²) in [6.07, 6.45) is 29.8. The maximum Gasteiger partial charge on any atom is 0.136 e. The maximum absolute atomic E-state index is 6.42. The van der Waals surface area contributed by atoms with Crippen molar-refractivity contribution in [2.75, 3.05) is 0 Å². The van der Waals surface area contributed by atoms with Gasteiger partial charge in [-0.2, -0.15) is 0 Å². The molecule has 0 spiro atoms. The molecule has 0 amide bonds. The molecule has 0 atom stereocenters. The van der Waals surface area contributed by atoms with Crippen molar-refractivity contribution in [3.63, 3.8) is 0 Å². The quantitative estimate of drug-likeness (QED) is 0.0745. The lowest BCUT2D eigenvalue weighted by Crippen LogP contribution is -1.86. The maximum atomic E-state index is 6.42. The fourth-order valence-electron chi connectivity index (χ4n) is 7.08. The van der Waals surface area contributed by atoms with Crippen LogP contribution in [0, 0.1) is 0 Å². The largest absolute Gasteiger partial charge is 0.456 e. The van der Waals surface area contributed by atoms with Crippen LogP contribution in [0.2, 0.25) is 0 Å². The molecule has 0 aliphatic carbocycles. The summed E-state index contributed by atoms with van der Waals surface area (Å²) in [5.74, 6) is 0. The monoisotopic (exact) mass is 594 g/mol. The Morgan fingerprint density at radius 1 is 0.341 bits per heavy atom. The van der Waals surface area contributed by atoms with Gasteiger partial charge in [0.1, 0.15) is 22.3 Å². The van der Waals surface area contributed by atoms with Crippen molar-refractivity contribution >= 4 is 43.9 Å². The Labute approximate surface area is 267 Å². The first-order chi connectivity index (χ1) is 21.8. The van der Waals surface area contributed by atoms with Gasteiger partial charge in [-0.3, -0.25) is 0 Å². The molecule has 0 bridgehead atoms. The molecule has 0 radical (unpaired) electrons. The minimum absolute atomic E-state index is 0.959. The molecule has 44 heavy (non-hydrogen) atoms. The van der Waals surface area contributed by atoms with Crippen molar-refractivity contribution in [2.24, 2.45) is 0 Å². The zero-order valence-corrected chi connectivity index (χ0v) is 28.0. The van der Waals surface area contributed by atoms with Crippen LogP contribution in [-0.2, 0) is 12.8 Å². The molecule has 5 rings (SSSR count). The average molecular weight is 595 g/mol. The van der Waals surface area contributed by atoms with E-state index in [1.807, 2.05) is 0 Å². The molecule has 2 aromatic heterocycles. The first kappa shape index (κ1) is 32.6. The van der Waals surface area contributed by atoms with Crippen molar-refractivity contribution in [3.8, 4) is 0 Å². The van der Waals surface area contributed by atoms with E-state index in [-0.39, 0.29) is 0 Å². The Bertz CT molecular complexity index is 1430. The molecule has 0 saturated heterocycles. The second kappa shape index (κ2) is 17.7. The molecular weight excluding hydrogens is 536 g/mol. The van der Waals surface area contributed by atoms with Crippen molar-refractivity contribution in [3.05, 3.63) is 59.7 Å². The molecule has 0 fully saturated rings. The number of rotatable bonds is 22. The van der Waals surface area contributed by atoms with Gasteiger partial charge in [0.2, 0.25) is 0 Å². The van der Waals surface area contributed by atoms with Crippen molar-refractivity contribution in [1.29, 1.82) is 0 Å². The van der Waals surface area contributed by atoms with E-state index in [4.69, 9.17) is 8.83 Å². The Hall–Kier alpha value is -2.74. The lowest BCUT2D eigenvalue weighted by molar-refractivity contribution is 0.556. The summed E-state index contributed by atoms with van der Waals surface area (Å²) in [6.45, 7) is 4.58. The Balaban J connectivity index is 1.11. The van der Waals surface area contributed by atoms with Gasteiger partial charge in [-0.15, -0.1) is 0 Å². The van der Waals surface area contributed by atoms with Crippen LogP contribution < -0.4 is 0 Å². The summed E-state index contributed by atoms with van der Waals surface area (Å²) in [6, 6.07) is 18.0. The molecule has 5 aromatic rings. The van der Waals surface area contributed by atoms with Gasteiger partial charge >= 0.3 is 0 Å². The molecule has 2 nitrogen and oxygen atoms in total. The van der Waals surface area contributed by atoms with Gasteiger partial charge < -0.3 is 8.83 Å². The lowest BCUT2D eigenvalue weighted by atomic mass is 10.0. The summed E-state index contributed by atoms with van der Waals surface area (Å²) in [5, 5.41) is 4.69. The molecular formula is C42H58O2. The normalized spacial score (nSPS) is 12.0. The van der Waals surface area contributed by atoms with Crippen LogP contribution in [0.1, 0.15) is 153 Å². The van der Waals surface area contributed by atoms with Gasteiger partial charge in [-0.1, -0.05) is 154 Å². The van der Waals surface area contributed by atoms with Gasteiger partial charge in [-0.05, 0) is 61.1 Å². The van der Waals surface area contributed by atoms with E-state index >= 15 is 0 Å². The molecule has 2 heteroatoms. The molecule has 3 aromatic carbocycles. The highest BCUT2D eigenvalue weighted by Crippen LogP contribution is 2.37. The summed E-state index contributed by atoms with van der Waals surface area (Å²) in [5.41, 5.74) is 6.70. The van der Waals surface area contributed by atoms with Gasteiger partial charge in [0.05, 0.1) is 0 Å². The topological polar surface area (TPSA) is 26.3 Å². The number of aryl methyl sites for hydroxylation is 2. The second-order valence-corrected chi connectivity index (χ2v) is 13.6. The van der Waals surface area contributed by atoms with E-state index in [2.05, 4.69) is 62.4 Å². The van der Waals surface area contributed by atoms with Crippen LogP contribution in [0.25, 0.3) is 43.9 Å². The Morgan fingerprint density at radius 2 is 0.659 bits per heavy atom. The third kappa shape index (κ3) is 9.15. The molecule has 0 aliphatic heterocycles. The van der Waals surface area contributed by atoms with Gasteiger partial charge in [-0.25, -0.2) is 0 Å². The van der Waals surface area contributed by atoms with Crippen molar-refractivity contribution in [2.45, 2.75) is 155 Å². The van der Waals surface area contributed by atoms with Crippen molar-refractivity contribution < 1.29 is 8.83 Å². The van der Waals surface area contributed by atoms with Gasteiger partial charge in [0.15, 0.2) is 0 Å². The molecule has 238 valence electrons. The summed E-state index contributed by atoms with van der Waals surface area (Å²) >= 11 is 0. The first-order valence-electron chi connectivity index (χ1n) is 18.6. The van der Waals surface area contributed by atoms with Crippen LogP contribution in [0.4, 0.5) is 0 Å². The molecule has 0 aliphatic rings. The van der Waals surface area contributed by atoms with E-state index in [0.29, 0.717) is 0 Å². The number of benzene rings is 3. The average Bonchev–Trinajstić information content (AvgIpc) is 3.57. The van der Waals surface area contributed by atoms with E-state index in [1.165, 1.54) is 150 Å². The number of fused-ring (bicyclic) bond motifs is 6. The van der Waals surface area contributed by atoms with E-state index in [1.54, 1.807) is 0 Å². The molecule has 0 N–H and O–H groups in total. The summed E-state index contributed by atoms with van der Waals surface area (Å²) < 4.78 is 12.8. The van der Waals surface area contributed by atoms with Gasteiger partial charge in [0, 0.05) is 21.5 Å². The third-order valence-corrected chi connectivity index (χ3v) is 9.83. The van der Waals surface area contributed by atoms with Gasteiger partial charge in [0.25, 0.3) is 0 Å². The van der Waals surface area contributed by atoms with Crippen LogP contribution in [0.5, 0.6) is 0 Å². The second-order valence-electron chi connectivity index (χ2n) is 13.6. The SMILES string of the molecule is CCCCCCCCCCCCc1ccc2c(c1)oc1cc3c(cc12)oc1cc(CCCCCCCCCCCC)ccc13. The zero-order valence-electron chi connectivity index (χ0n) is 28.0. The summed E-state index contributed by atoms with van der Waals surface area (Å²) in [4.78, 5) is 0. The van der Waals surface area contributed by atoms with Crippen LogP contribution >= 0.6 is 0 Å². The third-order valence-electron chi connectivity index (χ3n) is 9.83. The smallest absolute Gasteiger partial charge is 0.136 e. The molecule has 0 unspecified atom stereocenters. The highest BCUT2D eigenvalue weighted by Gasteiger charge is 2.14. The van der Waals surface area contributed by atoms with E-state index < -0.39 is 0 Å². The minimum atomic E-state index is 0.959. The number of hydrogen-bond donors (Lipinski definition) is 0. The lowest BCUT2D eigenvalue weighted by Gasteiger charge is -2.03. The molecule has 2 heterocycles. The minimum Gasteiger partial charge on any atom is -0.456 e. The van der Waals surface area contributed by atoms with E-state index in [0.717, 1.165) is 45.9 Å². The Morgan fingerprint density at radius 3 is 1.02 bits per heavy atom. The summed E-state index contributed by atoms with van der Waals surface area (Å²) in [7, 11) is 0. The first-order valence-corrected chi connectivity index (χ1v) is 18.6. The van der Waals surface area contributed by atoms with Crippen LogP contribution in [0.15, 0.2) is 57.4 Å². The zero-order chi connectivity index (χ0) is 30.4. The number of unbranched alkanes of at least 4 members (excludes halogenated alkanes) is 18. The standard InChI is InChI=1S/C42H58O2/c1-3-5-7-9-11-13-15-17-19-21-23-33-25-27-35-37-31-42-38(32-41(37)43-39(35)29-33)36-28-26-34(30-40(36)44-42)24-22-20-18-16-14-12-10-8-6-4-2/h25-32H,3-24H2,1-2H3. The predicted molar refractivity (Wildman–Crippen MR) is 192 cm³/mol. The van der Waals surface area contributed by atoms with E-state index in [9.17, 15) is 0 Å². The fraction of sp³-hybridized carbons (Fsp3) is 0.571. The molecule has 0 saturated carbocycles. The van der Waals surface area contributed by atoms with Crippen molar-refractivity contribution in [1.82, 2.24) is 0 Å². The Kier molecular flexibility index (Phi) is 13.1. The number of furan rings is 2. The highest BCUT2D eigenvalue weighted by atomic mass is 16.3. The van der Waals surface area contributed by atoms with Crippen LogP contribution in [-0.4, -0.2) is 0 Å². The predicted octanol–water partition coefficient (Wildman–Crippen LogP) is 14.4. The number of hydrogen-bond acceptors (Lipinski definition) is 2. The van der Waals surface area contributed by atoms with Crippen LogP contribution in [0.3, 0.4) is 0 Å². The fourth-order valence-corrected chi connectivity index (χ4v) is 7.08.